The zero-order chi connectivity index (χ0) is 25.1. The van der Waals surface area contributed by atoms with Crippen LogP contribution in [-0.4, -0.2) is 68.4 Å². The highest BCUT2D eigenvalue weighted by Crippen LogP contribution is 2.42. The Morgan fingerprint density at radius 1 is 1.26 bits per heavy atom. The third-order valence-electron chi connectivity index (χ3n) is 6.42. The number of nitrogens with zero attached hydrogens (tertiary/aromatic N) is 3. The third-order valence-corrected chi connectivity index (χ3v) is 6.42. The lowest BCUT2D eigenvalue weighted by Gasteiger charge is -2.39. The Morgan fingerprint density at radius 2 is 2.00 bits per heavy atom. The number of aliphatic imine (C=N–C) groups is 2. The molecule has 2 aliphatic heterocycles. The van der Waals surface area contributed by atoms with Crippen LogP contribution >= 0.6 is 0 Å². The number of carbonyl (C=O) groups is 1. The maximum absolute atomic E-state index is 12.6. The quantitative estimate of drug-likeness (QED) is 0.492. The molecule has 8 nitrogen and oxygen atoms in total. The minimum atomic E-state index is -0.289. The van der Waals surface area contributed by atoms with Crippen molar-refractivity contribution in [2.75, 3.05) is 33.9 Å². The van der Waals surface area contributed by atoms with Crippen LogP contribution in [0, 0.1) is 0 Å². The molecular formula is C27H35N5O3. The molecule has 8 heteroatoms. The first-order valence-electron chi connectivity index (χ1n) is 12.2. The Balaban J connectivity index is 1.70. The SMILES string of the molecule is CCOc1cc2c(cc1OC)C(c1ccc(C(=O)NC(N)=NC(C)C)cc1)=N[C@H]1CCN(C)C[C@@H]21. The highest BCUT2D eigenvalue weighted by atomic mass is 16.5. The molecule has 35 heavy (non-hydrogen) atoms. The van der Waals surface area contributed by atoms with Crippen molar-refractivity contribution in [2.24, 2.45) is 15.7 Å². The summed E-state index contributed by atoms with van der Waals surface area (Å²) in [7, 11) is 3.81. The molecule has 1 fully saturated rings. The van der Waals surface area contributed by atoms with Gasteiger partial charge in [0.1, 0.15) is 0 Å². The predicted molar refractivity (Wildman–Crippen MR) is 139 cm³/mol. The summed E-state index contributed by atoms with van der Waals surface area (Å²) >= 11 is 0. The fourth-order valence-corrected chi connectivity index (χ4v) is 4.82. The Hall–Kier alpha value is -3.39. The number of carbonyl (C=O) groups excluding carboxylic acids is 1. The van der Waals surface area contributed by atoms with E-state index >= 15 is 0 Å². The van der Waals surface area contributed by atoms with Crippen molar-refractivity contribution in [3.8, 4) is 11.5 Å². The molecule has 0 spiro atoms. The summed E-state index contributed by atoms with van der Waals surface area (Å²) in [5.41, 5.74) is 10.5. The van der Waals surface area contributed by atoms with Gasteiger partial charge in [0.05, 0.1) is 25.5 Å². The molecule has 4 rings (SSSR count). The number of rotatable bonds is 6. The Labute approximate surface area is 207 Å². The van der Waals surface area contributed by atoms with Gasteiger partial charge < -0.3 is 20.1 Å². The van der Waals surface area contributed by atoms with Crippen molar-refractivity contribution in [2.45, 2.75) is 45.2 Å². The van der Waals surface area contributed by atoms with Gasteiger partial charge in [0.2, 0.25) is 0 Å². The molecular weight excluding hydrogens is 442 g/mol. The van der Waals surface area contributed by atoms with E-state index < -0.39 is 0 Å². The number of likely N-dealkylation sites (tertiary alicyclic amines) is 1. The summed E-state index contributed by atoms with van der Waals surface area (Å²) in [5.74, 6) is 1.57. The van der Waals surface area contributed by atoms with Crippen LogP contribution in [0.15, 0.2) is 46.4 Å². The van der Waals surface area contributed by atoms with Crippen LogP contribution < -0.4 is 20.5 Å². The zero-order valence-electron chi connectivity index (χ0n) is 21.2. The lowest BCUT2D eigenvalue weighted by molar-refractivity contribution is 0.0976. The Bertz CT molecular complexity index is 1140. The van der Waals surface area contributed by atoms with Gasteiger partial charge in [-0.25, -0.2) is 0 Å². The van der Waals surface area contributed by atoms with E-state index in [1.165, 1.54) is 5.56 Å². The predicted octanol–water partition coefficient (Wildman–Crippen LogP) is 3.19. The molecule has 0 saturated carbocycles. The maximum atomic E-state index is 12.6. The summed E-state index contributed by atoms with van der Waals surface area (Å²) in [6.07, 6.45) is 0.995. The van der Waals surface area contributed by atoms with Crippen molar-refractivity contribution in [3.05, 3.63) is 58.7 Å². The summed E-state index contributed by atoms with van der Waals surface area (Å²) < 4.78 is 11.6. The number of amides is 1. The van der Waals surface area contributed by atoms with Gasteiger partial charge in [-0.15, -0.1) is 0 Å². The molecule has 2 atom stereocenters. The molecule has 0 aromatic heterocycles. The number of benzene rings is 2. The normalized spacial score (nSPS) is 20.1. The van der Waals surface area contributed by atoms with Crippen LogP contribution in [-0.2, 0) is 0 Å². The standard InChI is InChI=1S/C27H35N5O3/c1-6-35-24-13-19-20(14-23(24)34-5)25(30-22-11-12-32(4)15-21(19)22)17-7-9-18(10-8-17)26(33)31-27(28)29-16(2)3/h7-10,13-14,16,21-22H,6,11-12,15H2,1-5H3,(H3,28,29,31,33)/t21-,22-/m0/s1. The van der Waals surface area contributed by atoms with Crippen LogP contribution in [0.4, 0.5) is 0 Å². The molecule has 0 aliphatic carbocycles. The lowest BCUT2D eigenvalue weighted by atomic mass is 9.79. The van der Waals surface area contributed by atoms with Crippen molar-refractivity contribution in [1.29, 1.82) is 0 Å². The maximum Gasteiger partial charge on any atom is 0.257 e. The van der Waals surface area contributed by atoms with E-state index in [0.29, 0.717) is 23.8 Å². The zero-order valence-corrected chi connectivity index (χ0v) is 21.2. The van der Waals surface area contributed by atoms with Crippen molar-refractivity contribution >= 4 is 17.6 Å². The van der Waals surface area contributed by atoms with Gasteiger partial charge in [0.15, 0.2) is 17.5 Å². The first-order chi connectivity index (χ1) is 16.8. The number of piperidine rings is 1. The average Bonchev–Trinajstić information content (AvgIpc) is 2.83. The van der Waals surface area contributed by atoms with Crippen LogP contribution in [0.1, 0.15) is 60.2 Å². The van der Waals surface area contributed by atoms with Crippen LogP contribution in [0.5, 0.6) is 11.5 Å². The van der Waals surface area contributed by atoms with Crippen LogP contribution in [0.3, 0.4) is 0 Å². The molecule has 2 aromatic carbocycles. The van der Waals surface area contributed by atoms with Gasteiger partial charge in [0.25, 0.3) is 5.91 Å². The summed E-state index contributed by atoms with van der Waals surface area (Å²) in [6, 6.07) is 11.8. The second kappa shape index (κ2) is 10.5. The van der Waals surface area contributed by atoms with Crippen molar-refractivity contribution in [3.63, 3.8) is 0 Å². The van der Waals surface area contributed by atoms with Gasteiger partial charge in [-0.1, -0.05) is 12.1 Å². The largest absolute Gasteiger partial charge is 0.493 e. The minimum Gasteiger partial charge on any atom is -0.493 e. The number of nitrogens with one attached hydrogen (secondary N) is 1. The van der Waals surface area contributed by atoms with E-state index in [1.807, 2.05) is 39.0 Å². The Morgan fingerprint density at radius 3 is 2.66 bits per heavy atom. The number of ether oxygens (including phenoxy) is 2. The highest BCUT2D eigenvalue weighted by molar-refractivity contribution is 6.15. The number of methoxy groups -OCH3 is 1. The summed E-state index contributed by atoms with van der Waals surface area (Å²) in [6.45, 7) is 8.31. The number of nitrogens with two attached hydrogens (primary N) is 1. The van der Waals surface area contributed by atoms with E-state index in [0.717, 1.165) is 42.1 Å². The molecule has 0 bridgehead atoms. The van der Waals surface area contributed by atoms with E-state index in [-0.39, 0.29) is 24.0 Å². The first kappa shape index (κ1) is 24.7. The minimum absolute atomic E-state index is 0.00527. The molecule has 3 N–H and O–H groups in total. The number of hydrogen-bond donors (Lipinski definition) is 2. The van der Waals surface area contributed by atoms with Crippen LogP contribution in [0.25, 0.3) is 0 Å². The van der Waals surface area contributed by atoms with Crippen molar-refractivity contribution < 1.29 is 14.3 Å². The lowest BCUT2D eigenvalue weighted by Crippen LogP contribution is -2.41. The molecule has 0 unspecified atom stereocenters. The molecule has 0 radical (unpaired) electrons. The van der Waals surface area contributed by atoms with E-state index in [9.17, 15) is 4.79 Å². The second-order valence-corrected chi connectivity index (χ2v) is 9.37. The van der Waals surface area contributed by atoms with Gasteiger partial charge in [-0.3, -0.25) is 20.1 Å². The Kier molecular flexibility index (Phi) is 7.40. The number of fused-ring (bicyclic) bond motifs is 3. The monoisotopic (exact) mass is 477 g/mol. The van der Waals surface area contributed by atoms with E-state index in [1.54, 1.807) is 19.2 Å². The molecule has 2 aliphatic rings. The summed E-state index contributed by atoms with van der Waals surface area (Å²) in [5, 5.41) is 2.64. The molecule has 186 valence electrons. The van der Waals surface area contributed by atoms with E-state index in [4.69, 9.17) is 20.2 Å². The second-order valence-electron chi connectivity index (χ2n) is 9.37. The number of likely N-dealkylation sites (N-methyl/N-ethyl adjacent to an activating group) is 1. The number of guanidine groups is 1. The highest BCUT2D eigenvalue weighted by Gasteiger charge is 2.36. The van der Waals surface area contributed by atoms with Crippen molar-refractivity contribution in [1.82, 2.24) is 10.2 Å². The van der Waals surface area contributed by atoms with Crippen LogP contribution in [0.2, 0.25) is 0 Å². The molecule has 2 heterocycles. The smallest absolute Gasteiger partial charge is 0.257 e. The number of hydrogen-bond acceptors (Lipinski definition) is 6. The van der Waals surface area contributed by atoms with E-state index in [2.05, 4.69) is 28.3 Å². The average molecular weight is 478 g/mol. The fourth-order valence-electron chi connectivity index (χ4n) is 4.82. The topological polar surface area (TPSA) is 102 Å². The van der Waals surface area contributed by atoms with Gasteiger partial charge >= 0.3 is 0 Å². The third kappa shape index (κ3) is 5.32. The van der Waals surface area contributed by atoms with Gasteiger partial charge in [-0.05, 0) is 70.6 Å². The fraction of sp³-hybridized carbons (Fsp3) is 0.444. The first-order valence-corrected chi connectivity index (χ1v) is 12.2. The summed E-state index contributed by atoms with van der Waals surface area (Å²) in [4.78, 5) is 24.3. The molecule has 2 aromatic rings. The molecule has 1 saturated heterocycles. The molecule has 1 amide bonds. The van der Waals surface area contributed by atoms with Gasteiger partial charge in [-0.2, -0.15) is 0 Å². The van der Waals surface area contributed by atoms with Gasteiger partial charge in [0, 0.05) is 35.2 Å².